The first-order chi connectivity index (χ1) is 10.6. The first-order valence-electron chi connectivity index (χ1n) is 6.74. The molecule has 5 heteroatoms. The number of nitrogens with zero attached hydrogens (tertiary/aromatic N) is 2. The Bertz CT molecular complexity index is 752. The van der Waals surface area contributed by atoms with Gasteiger partial charge in [-0.2, -0.15) is 4.99 Å². The molecule has 1 aliphatic rings. The number of phenols is 1. The highest BCUT2D eigenvalue weighted by Crippen LogP contribution is 2.32. The number of anilines is 1. The van der Waals surface area contributed by atoms with Crippen molar-refractivity contribution in [2.75, 3.05) is 11.9 Å². The van der Waals surface area contributed by atoms with Gasteiger partial charge in [0.05, 0.1) is 4.91 Å². The molecular weight excluding hydrogens is 296 g/mol. The highest BCUT2D eigenvalue weighted by Gasteiger charge is 2.25. The van der Waals surface area contributed by atoms with Crippen molar-refractivity contribution in [3.8, 4) is 5.75 Å². The maximum absolute atomic E-state index is 12.0. The third-order valence-electron chi connectivity index (χ3n) is 3.23. The van der Waals surface area contributed by atoms with E-state index in [1.807, 2.05) is 48.4 Å². The van der Waals surface area contributed by atoms with Crippen LogP contribution in [0.5, 0.6) is 5.75 Å². The Morgan fingerprint density at radius 2 is 1.77 bits per heavy atom. The van der Waals surface area contributed by atoms with Crippen LogP contribution in [0.25, 0.3) is 6.08 Å². The highest BCUT2D eigenvalue weighted by atomic mass is 32.2. The minimum absolute atomic E-state index is 0.207. The van der Waals surface area contributed by atoms with Crippen LogP contribution in [0.1, 0.15) is 5.56 Å². The van der Waals surface area contributed by atoms with Crippen LogP contribution in [0, 0.1) is 0 Å². The van der Waals surface area contributed by atoms with E-state index >= 15 is 0 Å². The van der Waals surface area contributed by atoms with Crippen molar-refractivity contribution >= 4 is 34.6 Å². The molecule has 1 N–H and O–H groups in total. The maximum atomic E-state index is 12.0. The normalized spacial score (nSPS) is 16.0. The lowest BCUT2D eigenvalue weighted by molar-refractivity contribution is -0.113. The van der Waals surface area contributed by atoms with Crippen molar-refractivity contribution in [1.29, 1.82) is 0 Å². The van der Waals surface area contributed by atoms with Gasteiger partial charge < -0.3 is 10.0 Å². The van der Waals surface area contributed by atoms with Gasteiger partial charge in [-0.05, 0) is 47.7 Å². The fourth-order valence-electron chi connectivity index (χ4n) is 2.03. The van der Waals surface area contributed by atoms with E-state index in [1.54, 1.807) is 24.3 Å². The second kappa shape index (κ2) is 6.07. The van der Waals surface area contributed by atoms with E-state index < -0.39 is 0 Å². The van der Waals surface area contributed by atoms with Crippen molar-refractivity contribution in [2.45, 2.75) is 0 Å². The van der Waals surface area contributed by atoms with Crippen LogP contribution in [0.4, 0.5) is 5.69 Å². The molecule has 0 radical (unpaired) electrons. The molecule has 0 saturated heterocycles. The van der Waals surface area contributed by atoms with Gasteiger partial charge in [-0.3, -0.25) is 4.79 Å². The summed E-state index contributed by atoms with van der Waals surface area (Å²) < 4.78 is 0. The second-order valence-corrected chi connectivity index (χ2v) is 5.81. The first kappa shape index (κ1) is 14.4. The van der Waals surface area contributed by atoms with Gasteiger partial charge in [0, 0.05) is 12.7 Å². The second-order valence-electron chi connectivity index (χ2n) is 4.80. The molecule has 110 valence electrons. The maximum Gasteiger partial charge on any atom is 0.286 e. The molecule has 0 unspecified atom stereocenters. The number of aliphatic imine (C=N–C) groups is 1. The quantitative estimate of drug-likeness (QED) is 0.863. The molecule has 0 atom stereocenters. The Morgan fingerprint density at radius 3 is 2.45 bits per heavy atom. The number of rotatable bonds is 2. The molecule has 0 spiro atoms. The van der Waals surface area contributed by atoms with Gasteiger partial charge in [0.1, 0.15) is 5.75 Å². The zero-order valence-corrected chi connectivity index (χ0v) is 12.7. The zero-order valence-electron chi connectivity index (χ0n) is 11.9. The minimum Gasteiger partial charge on any atom is -0.508 e. The van der Waals surface area contributed by atoms with Crippen molar-refractivity contribution in [3.63, 3.8) is 0 Å². The number of carbonyl (C=O) groups excluding carboxylic acids is 1. The van der Waals surface area contributed by atoms with Crippen molar-refractivity contribution < 1.29 is 9.90 Å². The summed E-state index contributed by atoms with van der Waals surface area (Å²) in [5, 5.41) is 9.96. The predicted octanol–water partition coefficient (Wildman–Crippen LogP) is 3.50. The van der Waals surface area contributed by atoms with E-state index in [0.717, 1.165) is 11.3 Å². The zero-order chi connectivity index (χ0) is 15.5. The fraction of sp³-hybridized carbons (Fsp3) is 0.0588. The van der Waals surface area contributed by atoms with Crippen LogP contribution in [-0.2, 0) is 4.79 Å². The summed E-state index contributed by atoms with van der Waals surface area (Å²) in [6, 6.07) is 16.5. The highest BCUT2D eigenvalue weighted by molar-refractivity contribution is 8.18. The summed E-state index contributed by atoms with van der Waals surface area (Å²) in [6.07, 6.45) is 1.84. The number of amidine groups is 1. The summed E-state index contributed by atoms with van der Waals surface area (Å²) in [5.74, 6) is -0.0200. The molecular formula is C17H14N2O2S. The molecule has 0 bridgehead atoms. The van der Waals surface area contributed by atoms with Gasteiger partial charge in [-0.15, -0.1) is 0 Å². The number of hydrogen-bond acceptors (Lipinski definition) is 4. The van der Waals surface area contributed by atoms with Gasteiger partial charge in [-0.25, -0.2) is 0 Å². The SMILES string of the molecule is CN(C1=NC(=O)C(=Cc2ccccc2)S1)c1ccc(O)cc1. The van der Waals surface area contributed by atoms with E-state index in [4.69, 9.17) is 0 Å². The number of thioether (sulfide) groups is 1. The van der Waals surface area contributed by atoms with E-state index in [-0.39, 0.29) is 11.7 Å². The summed E-state index contributed by atoms with van der Waals surface area (Å²) >= 11 is 1.35. The van der Waals surface area contributed by atoms with Crippen LogP contribution in [0.3, 0.4) is 0 Å². The van der Waals surface area contributed by atoms with Crippen LogP contribution < -0.4 is 4.90 Å². The minimum atomic E-state index is -0.227. The van der Waals surface area contributed by atoms with Crippen LogP contribution in [0.2, 0.25) is 0 Å². The Hall–Kier alpha value is -2.53. The average molecular weight is 310 g/mol. The molecule has 1 amide bonds. The summed E-state index contributed by atoms with van der Waals surface area (Å²) in [5.41, 5.74) is 1.83. The third kappa shape index (κ3) is 3.04. The molecule has 0 aromatic heterocycles. The monoisotopic (exact) mass is 310 g/mol. The first-order valence-corrected chi connectivity index (χ1v) is 7.55. The molecule has 0 saturated carbocycles. The standard InChI is InChI=1S/C17H14N2O2S/c1-19(13-7-9-14(20)10-8-13)17-18-16(21)15(22-17)11-12-5-3-2-4-6-12/h2-11,20H,1H3. The lowest BCUT2D eigenvalue weighted by atomic mass is 10.2. The van der Waals surface area contributed by atoms with E-state index in [1.165, 1.54) is 11.8 Å². The van der Waals surface area contributed by atoms with Crippen LogP contribution >= 0.6 is 11.8 Å². The summed E-state index contributed by atoms with van der Waals surface area (Å²) in [4.78, 5) is 18.6. The smallest absolute Gasteiger partial charge is 0.286 e. The molecule has 0 fully saturated rings. The molecule has 4 nitrogen and oxygen atoms in total. The molecule has 1 heterocycles. The van der Waals surface area contributed by atoms with Crippen molar-refractivity contribution in [1.82, 2.24) is 0 Å². The van der Waals surface area contributed by atoms with Gasteiger partial charge >= 0.3 is 0 Å². The van der Waals surface area contributed by atoms with Crippen molar-refractivity contribution in [3.05, 3.63) is 65.1 Å². The molecule has 22 heavy (non-hydrogen) atoms. The summed E-state index contributed by atoms with van der Waals surface area (Å²) in [7, 11) is 1.84. The van der Waals surface area contributed by atoms with E-state index in [0.29, 0.717) is 10.1 Å². The van der Waals surface area contributed by atoms with Crippen molar-refractivity contribution in [2.24, 2.45) is 4.99 Å². The van der Waals surface area contributed by atoms with Gasteiger partial charge in [0.25, 0.3) is 5.91 Å². The third-order valence-corrected chi connectivity index (χ3v) is 4.29. The molecule has 3 rings (SSSR count). The molecule has 2 aromatic carbocycles. The van der Waals surface area contributed by atoms with E-state index in [9.17, 15) is 9.90 Å². The fourth-order valence-corrected chi connectivity index (χ4v) is 2.92. The Labute approximate surface area is 132 Å². The molecule has 1 aliphatic heterocycles. The van der Waals surface area contributed by atoms with Gasteiger partial charge in [0.2, 0.25) is 0 Å². The number of hydrogen-bond donors (Lipinski definition) is 1. The van der Waals surface area contributed by atoms with Crippen LogP contribution in [-0.4, -0.2) is 23.2 Å². The number of carbonyl (C=O) groups is 1. The summed E-state index contributed by atoms with van der Waals surface area (Å²) in [6.45, 7) is 0. The number of amides is 1. The van der Waals surface area contributed by atoms with Gasteiger partial charge in [-0.1, -0.05) is 30.3 Å². The molecule has 2 aromatic rings. The van der Waals surface area contributed by atoms with E-state index in [2.05, 4.69) is 4.99 Å². The van der Waals surface area contributed by atoms with Crippen LogP contribution in [0.15, 0.2) is 64.5 Å². The topological polar surface area (TPSA) is 52.9 Å². The Morgan fingerprint density at radius 1 is 1.09 bits per heavy atom. The Kier molecular flexibility index (Phi) is 3.98. The number of aromatic hydroxyl groups is 1. The number of phenolic OH excluding ortho intramolecular Hbond substituents is 1. The van der Waals surface area contributed by atoms with Gasteiger partial charge in [0.15, 0.2) is 5.17 Å². The average Bonchev–Trinajstić information content (AvgIpc) is 2.89. The molecule has 0 aliphatic carbocycles. The lowest BCUT2D eigenvalue weighted by Gasteiger charge is -2.17. The number of benzene rings is 2. The lowest BCUT2D eigenvalue weighted by Crippen LogP contribution is -2.21. The Balaban J connectivity index is 1.80. The predicted molar refractivity (Wildman–Crippen MR) is 91.0 cm³/mol. The largest absolute Gasteiger partial charge is 0.508 e.